The van der Waals surface area contributed by atoms with Crippen LogP contribution in [0.4, 0.5) is 0 Å². The molecule has 1 aromatic carbocycles. The van der Waals surface area contributed by atoms with Gasteiger partial charge in [0, 0.05) is 29.8 Å². The van der Waals surface area contributed by atoms with E-state index < -0.39 is 5.97 Å². The highest BCUT2D eigenvalue weighted by Gasteiger charge is 2.10. The van der Waals surface area contributed by atoms with Crippen LogP contribution in [-0.4, -0.2) is 25.8 Å². The maximum atomic E-state index is 11.0. The number of hydrogen-bond donors (Lipinski definition) is 1. The summed E-state index contributed by atoms with van der Waals surface area (Å²) in [7, 11) is 1.86. The molecule has 0 fully saturated rings. The van der Waals surface area contributed by atoms with E-state index in [1.807, 2.05) is 24.7 Å². The van der Waals surface area contributed by atoms with Gasteiger partial charge in [-0.05, 0) is 12.1 Å². The van der Waals surface area contributed by atoms with Gasteiger partial charge in [-0.25, -0.2) is 9.78 Å². The number of carbonyl (C=O) groups is 1. The van der Waals surface area contributed by atoms with Crippen LogP contribution in [0.5, 0.6) is 0 Å². The molecule has 20 heavy (non-hydrogen) atoms. The monoisotopic (exact) mass is 285 g/mol. The fourth-order valence-electron chi connectivity index (χ4n) is 1.88. The van der Waals surface area contributed by atoms with E-state index in [2.05, 4.69) is 10.1 Å². The number of carboxylic acids is 1. The third-order valence-electron chi connectivity index (χ3n) is 2.86. The summed E-state index contributed by atoms with van der Waals surface area (Å²) < 4.78 is 1.72. The van der Waals surface area contributed by atoms with Gasteiger partial charge in [0.05, 0.1) is 17.5 Å². The molecule has 0 aliphatic rings. The average molecular weight is 285 g/mol. The zero-order valence-corrected chi connectivity index (χ0v) is 11.5. The molecule has 0 atom stereocenters. The van der Waals surface area contributed by atoms with E-state index in [9.17, 15) is 4.79 Å². The molecule has 100 valence electrons. The molecule has 0 amide bonds. The van der Waals surface area contributed by atoms with Gasteiger partial charge in [0.25, 0.3) is 0 Å². The Morgan fingerprint density at radius 1 is 1.35 bits per heavy atom. The van der Waals surface area contributed by atoms with Crippen molar-refractivity contribution in [2.45, 2.75) is 0 Å². The van der Waals surface area contributed by atoms with Crippen LogP contribution in [0.1, 0.15) is 10.4 Å². The first-order valence-corrected chi connectivity index (χ1v) is 6.80. The number of hydrogen-bond acceptors (Lipinski definition) is 4. The smallest absolute Gasteiger partial charge is 0.335 e. The standard InChI is InChI=1S/C14H11N3O2S/c1-17-7-11(6-15-17)13-16-12(8-20-13)9-3-2-4-10(5-9)14(18)19/h2-8H,1H3,(H,18,19). The van der Waals surface area contributed by atoms with Crippen LogP contribution in [-0.2, 0) is 7.05 Å². The van der Waals surface area contributed by atoms with E-state index in [-0.39, 0.29) is 5.56 Å². The van der Waals surface area contributed by atoms with Gasteiger partial charge in [0.15, 0.2) is 0 Å². The Kier molecular flexibility index (Phi) is 3.08. The Morgan fingerprint density at radius 3 is 2.90 bits per heavy atom. The third kappa shape index (κ3) is 2.33. The highest BCUT2D eigenvalue weighted by molar-refractivity contribution is 7.13. The predicted octanol–water partition coefficient (Wildman–Crippen LogP) is 2.91. The number of carboxylic acid groups (broad SMARTS) is 1. The van der Waals surface area contributed by atoms with Gasteiger partial charge in [-0.1, -0.05) is 12.1 Å². The molecule has 0 unspecified atom stereocenters. The molecular formula is C14H11N3O2S. The van der Waals surface area contributed by atoms with Crippen LogP contribution in [0.25, 0.3) is 21.8 Å². The largest absolute Gasteiger partial charge is 0.478 e. The Balaban J connectivity index is 1.98. The maximum Gasteiger partial charge on any atom is 0.335 e. The van der Waals surface area contributed by atoms with E-state index in [0.29, 0.717) is 0 Å². The second-order valence-corrected chi connectivity index (χ2v) is 5.18. The summed E-state index contributed by atoms with van der Waals surface area (Å²) in [4.78, 5) is 15.5. The second kappa shape index (κ2) is 4.90. The fourth-order valence-corrected chi connectivity index (χ4v) is 2.69. The maximum absolute atomic E-state index is 11.0. The molecule has 0 aliphatic carbocycles. The normalized spacial score (nSPS) is 10.7. The van der Waals surface area contributed by atoms with Crippen molar-refractivity contribution in [3.63, 3.8) is 0 Å². The molecule has 1 N–H and O–H groups in total. The third-order valence-corrected chi connectivity index (χ3v) is 3.75. The molecule has 0 aliphatic heterocycles. The Hall–Kier alpha value is -2.47. The first-order chi connectivity index (χ1) is 9.63. The van der Waals surface area contributed by atoms with Crippen molar-refractivity contribution in [1.82, 2.24) is 14.8 Å². The van der Waals surface area contributed by atoms with Gasteiger partial charge >= 0.3 is 5.97 Å². The summed E-state index contributed by atoms with van der Waals surface area (Å²) in [5.74, 6) is -0.936. The molecular weight excluding hydrogens is 274 g/mol. The zero-order valence-electron chi connectivity index (χ0n) is 10.6. The molecule has 3 rings (SSSR count). The van der Waals surface area contributed by atoms with E-state index in [1.54, 1.807) is 29.1 Å². The van der Waals surface area contributed by atoms with Crippen molar-refractivity contribution in [3.05, 3.63) is 47.6 Å². The fraction of sp³-hybridized carbons (Fsp3) is 0.0714. The van der Waals surface area contributed by atoms with Crippen molar-refractivity contribution in [3.8, 4) is 21.8 Å². The molecule has 0 bridgehead atoms. The number of rotatable bonds is 3. The van der Waals surface area contributed by atoms with Crippen LogP contribution in [0.2, 0.25) is 0 Å². The number of aromatic nitrogens is 3. The first-order valence-electron chi connectivity index (χ1n) is 5.92. The minimum atomic E-state index is -0.936. The molecule has 6 heteroatoms. The molecule has 3 aromatic rings. The Bertz CT molecular complexity index is 776. The first kappa shape index (κ1) is 12.6. The lowest BCUT2D eigenvalue weighted by Gasteiger charge is -1.98. The summed E-state index contributed by atoms with van der Waals surface area (Å²) in [5.41, 5.74) is 2.80. The average Bonchev–Trinajstić information content (AvgIpc) is 3.07. The summed E-state index contributed by atoms with van der Waals surface area (Å²) in [6.45, 7) is 0. The number of aryl methyl sites for hydroxylation is 1. The summed E-state index contributed by atoms with van der Waals surface area (Å²) in [6, 6.07) is 6.78. The number of aromatic carboxylic acids is 1. The topological polar surface area (TPSA) is 68.0 Å². The zero-order chi connectivity index (χ0) is 14.1. The van der Waals surface area contributed by atoms with Crippen molar-refractivity contribution in [1.29, 1.82) is 0 Å². The van der Waals surface area contributed by atoms with Crippen molar-refractivity contribution < 1.29 is 9.90 Å². The summed E-state index contributed by atoms with van der Waals surface area (Å²) in [6.07, 6.45) is 3.66. The van der Waals surface area contributed by atoms with Crippen molar-refractivity contribution in [2.75, 3.05) is 0 Å². The minimum absolute atomic E-state index is 0.262. The highest BCUT2D eigenvalue weighted by Crippen LogP contribution is 2.28. The van der Waals surface area contributed by atoms with Crippen molar-refractivity contribution >= 4 is 17.3 Å². The van der Waals surface area contributed by atoms with Gasteiger partial charge < -0.3 is 5.11 Å². The SMILES string of the molecule is Cn1cc(-c2nc(-c3cccc(C(=O)O)c3)cs2)cn1. The van der Waals surface area contributed by atoms with Gasteiger partial charge in [-0.2, -0.15) is 5.10 Å². The quantitative estimate of drug-likeness (QED) is 0.803. The molecule has 0 saturated heterocycles. The molecule has 5 nitrogen and oxygen atoms in total. The molecule has 2 aromatic heterocycles. The Morgan fingerprint density at radius 2 is 2.20 bits per heavy atom. The van der Waals surface area contributed by atoms with Gasteiger partial charge in [-0.15, -0.1) is 11.3 Å². The van der Waals surface area contributed by atoms with E-state index in [1.165, 1.54) is 11.3 Å². The van der Waals surface area contributed by atoms with Crippen molar-refractivity contribution in [2.24, 2.45) is 7.05 Å². The summed E-state index contributed by atoms with van der Waals surface area (Å²) >= 11 is 1.51. The van der Waals surface area contributed by atoms with Gasteiger partial charge in [-0.3, -0.25) is 4.68 Å². The number of nitrogens with zero attached hydrogens (tertiary/aromatic N) is 3. The lowest BCUT2D eigenvalue weighted by atomic mass is 10.1. The summed E-state index contributed by atoms with van der Waals surface area (Å²) in [5, 5.41) is 15.9. The number of thiazole rings is 1. The van der Waals surface area contributed by atoms with Crippen LogP contribution in [0.15, 0.2) is 42.0 Å². The lowest BCUT2D eigenvalue weighted by molar-refractivity contribution is 0.0697. The number of benzene rings is 1. The van der Waals surface area contributed by atoms with E-state index in [4.69, 9.17) is 5.11 Å². The van der Waals surface area contributed by atoms with E-state index in [0.717, 1.165) is 21.8 Å². The lowest BCUT2D eigenvalue weighted by Crippen LogP contribution is -1.95. The van der Waals surface area contributed by atoms with Gasteiger partial charge in [0.1, 0.15) is 5.01 Å². The second-order valence-electron chi connectivity index (χ2n) is 4.33. The molecule has 0 spiro atoms. The molecule has 0 radical (unpaired) electrons. The minimum Gasteiger partial charge on any atom is -0.478 e. The van der Waals surface area contributed by atoms with Gasteiger partial charge in [0.2, 0.25) is 0 Å². The van der Waals surface area contributed by atoms with Crippen LogP contribution >= 0.6 is 11.3 Å². The highest BCUT2D eigenvalue weighted by atomic mass is 32.1. The molecule has 0 saturated carbocycles. The van der Waals surface area contributed by atoms with Crippen LogP contribution in [0, 0.1) is 0 Å². The molecule has 2 heterocycles. The van der Waals surface area contributed by atoms with Crippen LogP contribution < -0.4 is 0 Å². The predicted molar refractivity (Wildman–Crippen MR) is 76.7 cm³/mol. The van der Waals surface area contributed by atoms with E-state index >= 15 is 0 Å². The van der Waals surface area contributed by atoms with Crippen LogP contribution in [0.3, 0.4) is 0 Å². The Labute approximate surface area is 119 Å².